The van der Waals surface area contributed by atoms with Gasteiger partial charge in [0.1, 0.15) is 0 Å². The van der Waals surface area contributed by atoms with Crippen LogP contribution in [0.2, 0.25) is 0 Å². The van der Waals surface area contributed by atoms with Crippen molar-refractivity contribution in [1.82, 2.24) is 0 Å². The molecule has 0 aliphatic rings. The first-order valence-corrected chi connectivity index (χ1v) is 14.2. The van der Waals surface area contributed by atoms with Gasteiger partial charge < -0.3 is 0 Å². The number of hydrogen-bond donors (Lipinski definition) is 0. The second-order valence-corrected chi connectivity index (χ2v) is 10.5. The molecule has 0 N–H and O–H groups in total. The first kappa shape index (κ1) is 55.1. The number of rotatable bonds is 5. The molecular formula is C17H9F30Sb. The molecule has 0 saturated heterocycles. The molecule has 0 aromatic heterocycles. The van der Waals surface area contributed by atoms with Gasteiger partial charge in [-0.3, -0.25) is 0 Å². The van der Waals surface area contributed by atoms with Gasteiger partial charge in [0.05, 0.1) is 0 Å². The Labute approximate surface area is 249 Å². The van der Waals surface area contributed by atoms with Crippen molar-refractivity contribution in [3.8, 4) is 0 Å². The molecule has 0 bridgehead atoms. The van der Waals surface area contributed by atoms with Crippen LogP contribution >= 0.6 is 0 Å². The van der Waals surface area contributed by atoms with Crippen LogP contribution in [0.4, 0.5) is 124 Å². The van der Waals surface area contributed by atoms with Crippen LogP contribution < -0.4 is 0 Å². The molecule has 0 spiro atoms. The van der Waals surface area contributed by atoms with Crippen LogP contribution in [0, 0.1) is 0 Å². The van der Waals surface area contributed by atoms with Crippen molar-refractivity contribution in [1.29, 1.82) is 0 Å². The minimum absolute atomic E-state index is 0.0625. The van der Waals surface area contributed by atoms with E-state index < -0.39 is 98.7 Å². The van der Waals surface area contributed by atoms with Crippen molar-refractivity contribution in [2.45, 2.75) is 54.1 Å². The Hall–Kier alpha value is -2.32. The monoisotopic (exact) mass is 904 g/mol. The summed E-state index contributed by atoms with van der Waals surface area (Å²) in [4.78, 5) is 0. The molecule has 0 heterocycles. The number of allylic oxidation sites excluding steroid dienone is 3. The van der Waals surface area contributed by atoms with E-state index in [1.54, 1.807) is 0 Å². The Bertz CT molecular complexity index is 978. The standard InChI is InChI=1S/C7H3F11.C5H3F7.C3H3F3.C2F4.5FH.Sb/c1-2-3(8,4(9,10)6(13,14)15)5(11,12)7(16,17)18;1-2-3(6,7)4(8,9)5(10,11)12;1-2-3(4,5)6;3-1(4)2(5)6;;;;;;/h2H,1H2;2H,1H2;2H,1H2;;5*1H;/q;;;;;;;;;+5/p-5. The average Bonchev–Trinajstić information content (AvgIpc) is 2.80. The van der Waals surface area contributed by atoms with Gasteiger partial charge in [0, 0.05) is 6.08 Å². The van der Waals surface area contributed by atoms with Gasteiger partial charge in [0.15, 0.2) is 0 Å². The fourth-order valence-electron chi connectivity index (χ4n) is 1.18. The van der Waals surface area contributed by atoms with E-state index in [0.717, 1.165) is 0 Å². The van der Waals surface area contributed by atoms with Gasteiger partial charge in [-0.1, -0.05) is 19.7 Å². The minimum atomic E-state index is -9.19. The first-order valence-electron chi connectivity index (χ1n) is 9.41. The van der Waals surface area contributed by atoms with Crippen molar-refractivity contribution < 1.29 is 124 Å². The Morgan fingerprint density at radius 3 is 0.625 bits per heavy atom. The molecule has 0 saturated carbocycles. The van der Waals surface area contributed by atoms with Crippen LogP contribution in [0.3, 0.4) is 0 Å². The van der Waals surface area contributed by atoms with E-state index in [9.17, 15) is 124 Å². The van der Waals surface area contributed by atoms with Crippen molar-refractivity contribution >= 4 is 20.3 Å². The van der Waals surface area contributed by atoms with E-state index in [-0.39, 0.29) is 6.08 Å². The average molecular weight is 905 g/mol. The predicted octanol–water partition coefficient (Wildman–Crippen LogP) is 12.7. The molecule has 0 rings (SSSR count). The molecule has 292 valence electrons. The topological polar surface area (TPSA) is 0 Å². The van der Waals surface area contributed by atoms with Gasteiger partial charge in [-0.25, -0.2) is 4.39 Å². The second kappa shape index (κ2) is 17.1. The SMILES string of the molecule is C=CC(F)(C(F)(F)C(F)(F)F)C(F)(F)C(F)(F)F.C=CC(F)(F)C(F)(F)C(F)(F)F.C=CC(F)(F)F.FC(F)=C(F)F.[F][Sb]([F])([F])([F])[F]. The molecule has 0 nitrogen and oxygen atoms in total. The fourth-order valence-corrected chi connectivity index (χ4v) is 1.18. The van der Waals surface area contributed by atoms with Crippen molar-refractivity contribution in [2.75, 3.05) is 0 Å². The molecule has 0 aliphatic carbocycles. The van der Waals surface area contributed by atoms with E-state index in [2.05, 4.69) is 13.2 Å². The van der Waals surface area contributed by atoms with Crippen LogP contribution in [0.15, 0.2) is 50.1 Å². The summed E-state index contributed by atoms with van der Waals surface area (Å²) in [6.07, 6.45) is -32.4. The molecule has 31 heteroatoms. The van der Waals surface area contributed by atoms with Crippen LogP contribution in [-0.4, -0.2) is 74.4 Å². The summed E-state index contributed by atoms with van der Waals surface area (Å²) in [6, 6.07) is 0. The normalized spacial score (nSPS) is 14.3. The predicted molar refractivity (Wildman–Crippen MR) is 101 cm³/mol. The summed E-state index contributed by atoms with van der Waals surface area (Å²) in [6.45, 7) is 6.55. The summed E-state index contributed by atoms with van der Waals surface area (Å²) in [7, 11) is 0. The van der Waals surface area contributed by atoms with Crippen molar-refractivity contribution in [2.24, 2.45) is 0 Å². The van der Waals surface area contributed by atoms with Gasteiger partial charge in [-0.2, -0.15) is 105 Å². The quantitative estimate of drug-likeness (QED) is 0.147. The molecule has 0 aromatic rings. The van der Waals surface area contributed by atoms with Gasteiger partial charge in [-0.15, -0.1) is 0 Å². The first-order chi connectivity index (χ1) is 20.1. The Kier molecular flexibility index (Phi) is 19.6. The summed E-state index contributed by atoms with van der Waals surface area (Å²) < 4.78 is 337. The van der Waals surface area contributed by atoms with Crippen LogP contribution in [-0.2, 0) is 0 Å². The molecular weight excluding hydrogens is 896 g/mol. The molecule has 0 atom stereocenters. The number of hydrogen-bond acceptors (Lipinski definition) is 0. The zero-order valence-corrected chi connectivity index (χ0v) is 23.7. The third kappa shape index (κ3) is 19.0. The molecule has 0 aliphatic heterocycles. The van der Waals surface area contributed by atoms with Crippen LogP contribution in [0.5, 0.6) is 0 Å². The third-order valence-corrected chi connectivity index (χ3v) is 3.31. The van der Waals surface area contributed by atoms with Crippen molar-refractivity contribution in [3.05, 3.63) is 50.1 Å². The van der Waals surface area contributed by atoms with E-state index in [1.165, 1.54) is 0 Å². The fraction of sp³-hybridized carbons (Fsp3) is 0.529. The van der Waals surface area contributed by atoms with Gasteiger partial charge in [0.2, 0.25) is 0 Å². The van der Waals surface area contributed by atoms with Crippen molar-refractivity contribution in [3.63, 3.8) is 0 Å². The number of alkyl halides is 21. The van der Waals surface area contributed by atoms with E-state index >= 15 is 0 Å². The second-order valence-electron chi connectivity index (χ2n) is 6.86. The molecule has 0 unspecified atom stereocenters. The van der Waals surface area contributed by atoms with Gasteiger partial charge in [0.25, 0.3) is 5.67 Å². The molecule has 0 amide bonds. The van der Waals surface area contributed by atoms with Gasteiger partial charge >= 0.3 is 94.9 Å². The van der Waals surface area contributed by atoms with E-state index in [0.29, 0.717) is 0 Å². The molecule has 0 fully saturated rings. The summed E-state index contributed by atoms with van der Waals surface area (Å²) in [5.41, 5.74) is -6.35. The van der Waals surface area contributed by atoms with Gasteiger partial charge in [-0.05, 0) is 12.2 Å². The molecule has 0 radical (unpaired) electrons. The molecule has 0 aromatic carbocycles. The Morgan fingerprint density at radius 2 is 0.562 bits per heavy atom. The number of halogens is 30. The zero-order valence-electron chi connectivity index (χ0n) is 21.1. The summed E-state index contributed by atoms with van der Waals surface area (Å²) >= 11 is -9.19. The van der Waals surface area contributed by atoms with E-state index in [4.69, 9.17) is 0 Å². The summed E-state index contributed by atoms with van der Waals surface area (Å²) in [5, 5.41) is 0. The third-order valence-electron chi connectivity index (χ3n) is 3.31. The Balaban J connectivity index is -0.000000176. The zero-order chi connectivity index (χ0) is 41.2. The van der Waals surface area contributed by atoms with Crippen LogP contribution in [0.1, 0.15) is 0 Å². The maximum atomic E-state index is 13.0. The van der Waals surface area contributed by atoms with Crippen LogP contribution in [0.25, 0.3) is 0 Å². The Morgan fingerprint density at radius 1 is 0.375 bits per heavy atom. The molecule has 48 heavy (non-hydrogen) atoms. The summed E-state index contributed by atoms with van der Waals surface area (Å²) in [5.74, 6) is -25.3. The van der Waals surface area contributed by atoms with E-state index in [1.807, 2.05) is 6.58 Å². The maximum absolute atomic E-state index is 13.0.